The molecule has 20 heavy (non-hydrogen) atoms. The minimum Gasteiger partial charge on any atom is -0.392 e. The van der Waals surface area contributed by atoms with Gasteiger partial charge < -0.3 is 10.1 Å². The Labute approximate surface area is 139 Å². The van der Waals surface area contributed by atoms with Crippen LogP contribution in [0, 0.1) is 0 Å². The predicted octanol–water partition coefficient (Wildman–Crippen LogP) is 4.80. The van der Waals surface area contributed by atoms with E-state index in [0.717, 1.165) is 0 Å². The van der Waals surface area contributed by atoms with Crippen molar-refractivity contribution in [2.45, 2.75) is 6.61 Å². The van der Waals surface area contributed by atoms with E-state index in [4.69, 9.17) is 58.0 Å². The fraction of sp³-hybridized carbons (Fsp3) is 0.0833. The van der Waals surface area contributed by atoms with Gasteiger partial charge in [-0.3, -0.25) is 4.79 Å². The van der Waals surface area contributed by atoms with Crippen molar-refractivity contribution < 1.29 is 5.11 Å². The van der Waals surface area contributed by atoms with Gasteiger partial charge in [0.15, 0.2) is 0 Å². The maximum Gasteiger partial charge on any atom is 0.248 e. The molecule has 0 bridgehead atoms. The number of aromatic nitrogens is 1. The van der Waals surface area contributed by atoms with Crippen LogP contribution < -0.4 is 5.56 Å². The van der Waals surface area contributed by atoms with Crippen molar-refractivity contribution in [2.24, 2.45) is 0 Å². The van der Waals surface area contributed by atoms with Gasteiger partial charge in [0.1, 0.15) is 0 Å². The third kappa shape index (κ3) is 2.67. The number of pyridine rings is 1. The molecule has 106 valence electrons. The van der Waals surface area contributed by atoms with E-state index in [1.54, 1.807) is 0 Å². The monoisotopic (exact) mass is 371 g/mol. The van der Waals surface area contributed by atoms with Crippen molar-refractivity contribution in [1.82, 2.24) is 4.98 Å². The van der Waals surface area contributed by atoms with E-state index in [1.807, 2.05) is 0 Å². The fourth-order valence-corrected chi connectivity index (χ4v) is 3.06. The van der Waals surface area contributed by atoms with Crippen molar-refractivity contribution >= 4 is 58.0 Å². The number of rotatable bonds is 2. The number of hydrogen-bond acceptors (Lipinski definition) is 2. The fourth-order valence-electron chi connectivity index (χ4n) is 1.72. The van der Waals surface area contributed by atoms with E-state index in [2.05, 4.69) is 4.98 Å². The Morgan fingerprint density at radius 3 is 1.95 bits per heavy atom. The Hall–Kier alpha value is -0.420. The molecule has 2 rings (SSSR count). The second kappa shape index (κ2) is 6.14. The molecule has 0 aliphatic rings. The van der Waals surface area contributed by atoms with Gasteiger partial charge in [-0.15, -0.1) is 0 Å². The Morgan fingerprint density at radius 1 is 0.950 bits per heavy atom. The standard InChI is InChI=1S/C12H6Cl5NO2/c13-8-7(9(14)11(16)12(17)10(8)15)5-2-18-6(20)1-4(5)3-19/h1-2,19H,3H2,(H,18,20). The van der Waals surface area contributed by atoms with Gasteiger partial charge in [-0.2, -0.15) is 0 Å². The molecule has 1 aromatic carbocycles. The Bertz CT molecular complexity index is 712. The van der Waals surface area contributed by atoms with Gasteiger partial charge in [0, 0.05) is 23.4 Å². The highest BCUT2D eigenvalue weighted by molar-refractivity contribution is 6.56. The molecule has 3 nitrogen and oxygen atoms in total. The zero-order chi connectivity index (χ0) is 15.0. The molecule has 2 N–H and O–H groups in total. The Kier molecular flexibility index (Phi) is 4.90. The molecular weight excluding hydrogens is 367 g/mol. The third-order valence-corrected chi connectivity index (χ3v) is 4.94. The molecular formula is C12H6Cl5NO2. The van der Waals surface area contributed by atoms with Crippen molar-refractivity contribution in [3.8, 4) is 11.1 Å². The van der Waals surface area contributed by atoms with E-state index in [0.29, 0.717) is 16.7 Å². The largest absolute Gasteiger partial charge is 0.392 e. The molecule has 0 saturated carbocycles. The van der Waals surface area contributed by atoms with E-state index in [9.17, 15) is 9.90 Å². The average molecular weight is 373 g/mol. The Morgan fingerprint density at radius 2 is 1.45 bits per heavy atom. The number of hydrogen-bond donors (Lipinski definition) is 2. The molecule has 0 unspecified atom stereocenters. The van der Waals surface area contributed by atoms with Gasteiger partial charge in [-0.05, 0) is 5.56 Å². The molecule has 0 radical (unpaired) electrons. The van der Waals surface area contributed by atoms with Crippen molar-refractivity contribution in [3.05, 3.63) is 53.3 Å². The summed E-state index contributed by atoms with van der Waals surface area (Å²) in [7, 11) is 0. The van der Waals surface area contributed by atoms with Crippen LogP contribution in [0.1, 0.15) is 5.56 Å². The molecule has 1 aromatic heterocycles. The molecule has 0 spiro atoms. The average Bonchev–Trinajstić information content (AvgIpc) is 2.44. The number of H-pyrrole nitrogens is 1. The lowest BCUT2D eigenvalue weighted by molar-refractivity contribution is 0.282. The normalized spacial score (nSPS) is 10.9. The zero-order valence-electron chi connectivity index (χ0n) is 9.61. The van der Waals surface area contributed by atoms with Crippen molar-refractivity contribution in [2.75, 3.05) is 0 Å². The first-order valence-corrected chi connectivity index (χ1v) is 7.11. The van der Waals surface area contributed by atoms with Crippen LogP contribution in [0.4, 0.5) is 0 Å². The minimum atomic E-state index is -0.371. The first-order chi connectivity index (χ1) is 9.38. The van der Waals surface area contributed by atoms with Gasteiger partial charge >= 0.3 is 0 Å². The number of halogens is 5. The summed E-state index contributed by atoms with van der Waals surface area (Å²) in [6, 6.07) is 1.23. The molecule has 0 aliphatic heterocycles. The molecule has 1 heterocycles. The van der Waals surface area contributed by atoms with Crippen LogP contribution in [-0.4, -0.2) is 10.1 Å². The predicted molar refractivity (Wildman–Crippen MR) is 83.5 cm³/mol. The van der Waals surface area contributed by atoms with Crippen LogP contribution in [0.15, 0.2) is 17.1 Å². The summed E-state index contributed by atoms with van der Waals surface area (Å²) in [6.07, 6.45) is 1.38. The van der Waals surface area contributed by atoms with Crippen molar-refractivity contribution in [1.29, 1.82) is 0 Å². The summed E-state index contributed by atoms with van der Waals surface area (Å²) in [5, 5.41) is 9.67. The van der Waals surface area contributed by atoms with Crippen molar-refractivity contribution in [3.63, 3.8) is 0 Å². The quantitative estimate of drug-likeness (QED) is 0.587. The van der Waals surface area contributed by atoms with Crippen LogP contribution in [0.25, 0.3) is 11.1 Å². The van der Waals surface area contributed by atoms with E-state index < -0.39 is 0 Å². The maximum atomic E-state index is 11.3. The summed E-state index contributed by atoms with van der Waals surface area (Å²) >= 11 is 30.2. The first kappa shape index (κ1) is 16.0. The van der Waals surface area contributed by atoms with Crippen LogP contribution >= 0.6 is 58.0 Å². The second-order valence-corrected chi connectivity index (χ2v) is 5.73. The maximum absolute atomic E-state index is 11.3. The summed E-state index contributed by atoms with van der Waals surface area (Å²) < 4.78 is 0. The molecule has 0 atom stereocenters. The first-order valence-electron chi connectivity index (χ1n) is 5.22. The topological polar surface area (TPSA) is 53.1 Å². The lowest BCUT2D eigenvalue weighted by atomic mass is 10.0. The van der Waals surface area contributed by atoms with E-state index >= 15 is 0 Å². The van der Waals surface area contributed by atoms with Crippen LogP contribution in [0.2, 0.25) is 25.1 Å². The minimum absolute atomic E-state index is 0.0436. The number of aromatic amines is 1. The number of benzene rings is 1. The number of aliphatic hydroxyl groups is 1. The molecule has 0 saturated heterocycles. The van der Waals surface area contributed by atoms with Crippen LogP contribution in [0.5, 0.6) is 0 Å². The highest BCUT2D eigenvalue weighted by Crippen LogP contribution is 2.48. The van der Waals surface area contributed by atoms with Crippen LogP contribution in [0.3, 0.4) is 0 Å². The molecule has 8 heteroatoms. The number of aliphatic hydroxyl groups excluding tert-OH is 1. The Balaban J connectivity index is 2.87. The lowest BCUT2D eigenvalue weighted by Crippen LogP contribution is -2.07. The molecule has 0 amide bonds. The van der Waals surface area contributed by atoms with Gasteiger partial charge in [-0.1, -0.05) is 58.0 Å². The van der Waals surface area contributed by atoms with E-state index in [-0.39, 0.29) is 37.3 Å². The van der Waals surface area contributed by atoms with Gasteiger partial charge in [0.05, 0.1) is 31.7 Å². The second-order valence-electron chi connectivity index (χ2n) is 3.84. The van der Waals surface area contributed by atoms with Crippen LogP contribution in [-0.2, 0) is 6.61 Å². The molecule has 2 aromatic rings. The SMILES string of the molecule is O=c1cc(CO)c(-c2c(Cl)c(Cl)c(Cl)c(Cl)c2Cl)c[nH]1. The summed E-state index contributed by atoms with van der Waals surface area (Å²) in [6.45, 7) is -0.371. The van der Waals surface area contributed by atoms with Gasteiger partial charge in [-0.25, -0.2) is 0 Å². The van der Waals surface area contributed by atoms with Gasteiger partial charge in [0.25, 0.3) is 0 Å². The summed E-state index contributed by atoms with van der Waals surface area (Å²) in [4.78, 5) is 13.8. The zero-order valence-corrected chi connectivity index (χ0v) is 13.4. The summed E-state index contributed by atoms with van der Waals surface area (Å²) in [5.74, 6) is 0. The van der Waals surface area contributed by atoms with E-state index in [1.165, 1.54) is 12.3 Å². The number of nitrogens with one attached hydrogen (secondary N) is 1. The molecule has 0 aliphatic carbocycles. The third-order valence-electron chi connectivity index (χ3n) is 2.66. The lowest BCUT2D eigenvalue weighted by Gasteiger charge is -2.14. The highest BCUT2D eigenvalue weighted by atomic mass is 35.5. The smallest absolute Gasteiger partial charge is 0.248 e. The molecule has 0 fully saturated rings. The summed E-state index contributed by atoms with van der Waals surface area (Å²) in [5.41, 5.74) is 0.693. The van der Waals surface area contributed by atoms with Gasteiger partial charge in [0.2, 0.25) is 5.56 Å². The highest BCUT2D eigenvalue weighted by Gasteiger charge is 2.22.